The molecule has 1 N–H and O–H groups in total. The highest BCUT2D eigenvalue weighted by molar-refractivity contribution is 5.84. The van der Waals surface area contributed by atoms with Crippen LogP contribution < -0.4 is 0 Å². The normalized spacial score (nSPS) is 30.1. The minimum absolute atomic E-state index is 0.0717. The van der Waals surface area contributed by atoms with Gasteiger partial charge in [0, 0.05) is 19.0 Å². The van der Waals surface area contributed by atoms with Gasteiger partial charge in [0.1, 0.15) is 0 Å². The Labute approximate surface area is 133 Å². The maximum Gasteiger partial charge on any atom is 0.308 e. The Hall–Kier alpha value is -1.98. The number of aliphatic carboxylic acids is 1. The Balaban J connectivity index is 1.67. The van der Waals surface area contributed by atoms with E-state index in [0.717, 1.165) is 12.1 Å². The number of carboxylic acids is 1. The molecule has 124 valence electrons. The summed E-state index contributed by atoms with van der Waals surface area (Å²) in [4.78, 5) is 25.4. The zero-order valence-corrected chi connectivity index (χ0v) is 12.8. The fourth-order valence-electron chi connectivity index (χ4n) is 3.52. The predicted octanol–water partition coefficient (Wildman–Crippen LogP) is 2.64. The van der Waals surface area contributed by atoms with E-state index in [1.54, 1.807) is 4.90 Å². The maximum atomic E-state index is 13.3. The first-order valence-electron chi connectivity index (χ1n) is 7.83. The Morgan fingerprint density at radius 1 is 1.17 bits per heavy atom. The van der Waals surface area contributed by atoms with Crippen LogP contribution in [0.3, 0.4) is 0 Å². The highest BCUT2D eigenvalue weighted by Gasteiger charge is 2.47. The van der Waals surface area contributed by atoms with Crippen LogP contribution >= 0.6 is 0 Å². The van der Waals surface area contributed by atoms with E-state index in [2.05, 4.69) is 0 Å². The first kappa shape index (κ1) is 15.9. The number of hydrogen-bond donors (Lipinski definition) is 1. The molecule has 3 rings (SSSR count). The molecule has 2 aliphatic rings. The number of rotatable bonds is 3. The van der Waals surface area contributed by atoms with Gasteiger partial charge in [-0.2, -0.15) is 0 Å². The van der Waals surface area contributed by atoms with E-state index in [1.165, 1.54) is 6.07 Å². The second kappa shape index (κ2) is 5.91. The molecule has 1 aromatic rings. The lowest BCUT2D eigenvalue weighted by atomic mass is 9.90. The van der Waals surface area contributed by atoms with Gasteiger partial charge >= 0.3 is 5.97 Å². The number of piperidine rings is 1. The molecule has 1 heterocycles. The smallest absolute Gasteiger partial charge is 0.308 e. The van der Waals surface area contributed by atoms with Crippen molar-refractivity contribution >= 4 is 11.9 Å². The van der Waals surface area contributed by atoms with Crippen LogP contribution in [0.15, 0.2) is 18.2 Å². The number of amides is 1. The highest BCUT2D eigenvalue weighted by atomic mass is 19.2. The third kappa shape index (κ3) is 3.21. The molecular weight excluding hydrogens is 304 g/mol. The van der Waals surface area contributed by atoms with Gasteiger partial charge in [-0.3, -0.25) is 9.59 Å². The number of carbonyl (C=O) groups excluding carboxylic acids is 1. The third-order valence-corrected chi connectivity index (χ3v) is 4.80. The molecule has 23 heavy (non-hydrogen) atoms. The Bertz CT molecular complexity index is 649. The van der Waals surface area contributed by atoms with Crippen LogP contribution in [-0.4, -0.2) is 35.0 Å². The third-order valence-electron chi connectivity index (χ3n) is 4.80. The van der Waals surface area contributed by atoms with E-state index in [1.807, 2.05) is 6.92 Å². The first-order valence-corrected chi connectivity index (χ1v) is 7.83. The molecule has 1 saturated heterocycles. The molecule has 2 fully saturated rings. The van der Waals surface area contributed by atoms with Gasteiger partial charge in [0.25, 0.3) is 0 Å². The number of benzene rings is 1. The molecule has 1 saturated carbocycles. The number of hydrogen-bond acceptors (Lipinski definition) is 2. The van der Waals surface area contributed by atoms with Crippen molar-refractivity contribution in [2.24, 2.45) is 17.8 Å². The molecule has 1 aromatic carbocycles. The highest BCUT2D eigenvalue weighted by Crippen LogP contribution is 2.49. The summed E-state index contributed by atoms with van der Waals surface area (Å²) < 4.78 is 26.3. The zero-order valence-electron chi connectivity index (χ0n) is 12.8. The van der Waals surface area contributed by atoms with E-state index in [4.69, 9.17) is 0 Å². The van der Waals surface area contributed by atoms with Gasteiger partial charge in [0.2, 0.25) is 5.91 Å². The SMILES string of the molecule is CC1CC(C(=O)O)CN(C(=O)C2CC2c2ccc(F)c(F)c2)C1. The van der Waals surface area contributed by atoms with Crippen LogP contribution in [0.25, 0.3) is 0 Å². The lowest BCUT2D eigenvalue weighted by Crippen LogP contribution is -2.46. The minimum Gasteiger partial charge on any atom is -0.481 e. The summed E-state index contributed by atoms with van der Waals surface area (Å²) in [5.41, 5.74) is 0.627. The van der Waals surface area contributed by atoms with Gasteiger partial charge in [-0.1, -0.05) is 13.0 Å². The molecule has 0 spiro atoms. The van der Waals surface area contributed by atoms with Gasteiger partial charge in [0.05, 0.1) is 5.92 Å². The number of likely N-dealkylation sites (tertiary alicyclic amines) is 1. The van der Waals surface area contributed by atoms with Crippen molar-refractivity contribution in [3.63, 3.8) is 0 Å². The summed E-state index contributed by atoms with van der Waals surface area (Å²) in [6, 6.07) is 3.73. The van der Waals surface area contributed by atoms with Crippen LogP contribution in [0.5, 0.6) is 0 Å². The molecule has 0 radical (unpaired) electrons. The van der Waals surface area contributed by atoms with Crippen LogP contribution in [-0.2, 0) is 9.59 Å². The fraction of sp³-hybridized carbons (Fsp3) is 0.529. The minimum atomic E-state index is -0.905. The van der Waals surface area contributed by atoms with Crippen molar-refractivity contribution in [2.75, 3.05) is 13.1 Å². The van der Waals surface area contributed by atoms with Crippen molar-refractivity contribution < 1.29 is 23.5 Å². The van der Waals surface area contributed by atoms with Gasteiger partial charge < -0.3 is 10.0 Å². The van der Waals surface area contributed by atoms with Crippen LogP contribution in [0.2, 0.25) is 0 Å². The molecule has 6 heteroatoms. The summed E-state index contributed by atoms with van der Waals surface area (Å²) in [6.07, 6.45) is 1.18. The monoisotopic (exact) mass is 323 g/mol. The summed E-state index contributed by atoms with van der Waals surface area (Å²) in [7, 11) is 0. The standard InChI is InChI=1S/C17H19F2NO3/c1-9-4-11(17(22)23)8-20(7-9)16(21)13-6-12(13)10-2-3-14(18)15(19)5-10/h2-3,5,9,11-13H,4,6-8H2,1H3,(H,22,23). The molecule has 4 unspecified atom stereocenters. The predicted molar refractivity (Wildman–Crippen MR) is 78.7 cm³/mol. The van der Waals surface area contributed by atoms with Gasteiger partial charge in [-0.05, 0) is 42.4 Å². The molecule has 1 amide bonds. The summed E-state index contributed by atoms with van der Waals surface area (Å²) in [5, 5.41) is 9.18. The first-order chi connectivity index (χ1) is 10.9. The maximum absolute atomic E-state index is 13.3. The number of halogens is 2. The van der Waals surface area contributed by atoms with E-state index in [0.29, 0.717) is 24.9 Å². The Kier molecular flexibility index (Phi) is 4.08. The molecule has 0 aromatic heterocycles. The van der Waals surface area contributed by atoms with Crippen molar-refractivity contribution in [3.8, 4) is 0 Å². The molecule has 1 aliphatic heterocycles. The van der Waals surface area contributed by atoms with E-state index < -0.39 is 23.5 Å². The van der Waals surface area contributed by atoms with Crippen LogP contribution in [0.4, 0.5) is 8.78 Å². The van der Waals surface area contributed by atoms with E-state index in [9.17, 15) is 23.5 Å². The number of nitrogens with zero attached hydrogens (tertiary/aromatic N) is 1. The zero-order chi connectivity index (χ0) is 16.7. The van der Waals surface area contributed by atoms with Crippen LogP contribution in [0.1, 0.15) is 31.2 Å². The second-order valence-electron chi connectivity index (χ2n) is 6.74. The second-order valence-corrected chi connectivity index (χ2v) is 6.74. The number of carbonyl (C=O) groups is 2. The van der Waals surface area contributed by atoms with E-state index in [-0.39, 0.29) is 30.2 Å². The molecule has 0 bridgehead atoms. The van der Waals surface area contributed by atoms with Gasteiger partial charge in [-0.25, -0.2) is 8.78 Å². The average Bonchev–Trinajstić information content (AvgIpc) is 3.29. The molecule has 4 nitrogen and oxygen atoms in total. The summed E-state index contributed by atoms with van der Waals surface area (Å²) >= 11 is 0. The molecule has 1 aliphatic carbocycles. The Morgan fingerprint density at radius 2 is 1.91 bits per heavy atom. The van der Waals surface area contributed by atoms with Crippen molar-refractivity contribution in [1.82, 2.24) is 4.90 Å². The lowest BCUT2D eigenvalue weighted by molar-refractivity contribution is -0.147. The van der Waals surface area contributed by atoms with Crippen molar-refractivity contribution in [1.29, 1.82) is 0 Å². The summed E-state index contributed by atoms with van der Waals surface area (Å²) in [5.74, 6) is -3.47. The quantitative estimate of drug-likeness (QED) is 0.930. The number of carboxylic acid groups (broad SMARTS) is 1. The van der Waals surface area contributed by atoms with Gasteiger partial charge in [-0.15, -0.1) is 0 Å². The van der Waals surface area contributed by atoms with Crippen LogP contribution in [0, 0.1) is 29.4 Å². The lowest BCUT2D eigenvalue weighted by Gasteiger charge is -2.35. The van der Waals surface area contributed by atoms with Crippen molar-refractivity contribution in [2.45, 2.75) is 25.7 Å². The molecular formula is C17H19F2NO3. The Morgan fingerprint density at radius 3 is 2.57 bits per heavy atom. The molecule has 4 atom stereocenters. The largest absolute Gasteiger partial charge is 0.481 e. The van der Waals surface area contributed by atoms with Gasteiger partial charge in [0.15, 0.2) is 11.6 Å². The topological polar surface area (TPSA) is 57.6 Å². The fourth-order valence-corrected chi connectivity index (χ4v) is 3.52. The van der Waals surface area contributed by atoms with Crippen molar-refractivity contribution in [3.05, 3.63) is 35.4 Å². The average molecular weight is 323 g/mol. The summed E-state index contributed by atoms with van der Waals surface area (Å²) in [6.45, 7) is 2.73. The van der Waals surface area contributed by atoms with E-state index >= 15 is 0 Å².